The van der Waals surface area contributed by atoms with E-state index in [1.165, 1.54) is 6.08 Å². The molecule has 2 rings (SSSR count). The summed E-state index contributed by atoms with van der Waals surface area (Å²) in [6.45, 7) is -0.786. The van der Waals surface area contributed by atoms with Crippen LogP contribution in [0.1, 0.15) is 45.4 Å². The Morgan fingerprint density at radius 2 is 1.78 bits per heavy atom. The lowest BCUT2D eigenvalue weighted by Crippen LogP contribution is -2.57. The van der Waals surface area contributed by atoms with Crippen LogP contribution in [-0.2, 0) is 4.74 Å². The fourth-order valence-corrected chi connectivity index (χ4v) is 3.31. The summed E-state index contributed by atoms with van der Waals surface area (Å²) in [6.07, 6.45) is 4.15. The van der Waals surface area contributed by atoms with Gasteiger partial charge in [0, 0.05) is 0 Å². The van der Waals surface area contributed by atoms with E-state index in [0.717, 1.165) is 49.3 Å². The highest BCUT2D eigenvalue weighted by Gasteiger charge is 2.73. The minimum absolute atomic E-state index is 0.158. The molecule has 8 heteroatoms. The Hall–Kier alpha value is -1.31. The zero-order chi connectivity index (χ0) is 20.3. The van der Waals surface area contributed by atoms with Crippen molar-refractivity contribution in [2.24, 2.45) is 5.92 Å². The molecule has 0 N–H and O–H groups in total. The van der Waals surface area contributed by atoms with Crippen LogP contribution in [0.3, 0.4) is 0 Å². The fourth-order valence-electron chi connectivity index (χ4n) is 3.31. The van der Waals surface area contributed by atoms with Crippen LogP contribution in [0.15, 0.2) is 35.5 Å². The Kier molecular flexibility index (Phi) is 6.81. The summed E-state index contributed by atoms with van der Waals surface area (Å²) in [7, 11) is 0. The van der Waals surface area contributed by atoms with E-state index in [9.17, 15) is 30.7 Å². The Balaban J connectivity index is 1.98. The van der Waals surface area contributed by atoms with Gasteiger partial charge in [0.25, 0.3) is 0 Å². The number of halogens is 7. The molecule has 27 heavy (non-hydrogen) atoms. The van der Waals surface area contributed by atoms with Crippen LogP contribution in [0.5, 0.6) is 0 Å². The van der Waals surface area contributed by atoms with Gasteiger partial charge in [0.2, 0.25) is 0 Å². The van der Waals surface area contributed by atoms with E-state index in [0.29, 0.717) is 5.92 Å². The Morgan fingerprint density at radius 1 is 1.07 bits per heavy atom. The first-order chi connectivity index (χ1) is 12.5. The number of allylic oxidation sites excluding steroid dienone is 4. The second kappa shape index (κ2) is 8.37. The van der Waals surface area contributed by atoms with E-state index >= 15 is 0 Å². The first-order valence-corrected chi connectivity index (χ1v) is 8.99. The molecule has 1 nitrogen and oxygen atoms in total. The SMILES string of the molecule is CCCC1CC=C(C2=CCC(OC(F)(F)C(F)(F)C(F)(F)CF)C=C2)CC1. The summed E-state index contributed by atoms with van der Waals surface area (Å²) < 4.78 is 95.4. The highest BCUT2D eigenvalue weighted by Crippen LogP contribution is 2.47. The number of hydrogen-bond acceptors (Lipinski definition) is 1. The van der Waals surface area contributed by atoms with Crippen LogP contribution in [0, 0.1) is 5.92 Å². The van der Waals surface area contributed by atoms with Crippen molar-refractivity contribution in [1.29, 1.82) is 0 Å². The van der Waals surface area contributed by atoms with Crippen molar-refractivity contribution in [3.63, 3.8) is 0 Å². The van der Waals surface area contributed by atoms with Crippen LogP contribution < -0.4 is 0 Å². The molecule has 0 spiro atoms. The number of alkyl halides is 7. The minimum atomic E-state index is -5.95. The molecule has 2 aliphatic rings. The highest BCUT2D eigenvalue weighted by atomic mass is 19.4. The highest BCUT2D eigenvalue weighted by molar-refractivity contribution is 5.42. The van der Waals surface area contributed by atoms with E-state index in [4.69, 9.17) is 0 Å². The molecule has 0 aromatic rings. The molecule has 2 atom stereocenters. The number of rotatable bonds is 8. The lowest BCUT2D eigenvalue weighted by atomic mass is 9.83. The van der Waals surface area contributed by atoms with Crippen LogP contribution in [-0.4, -0.2) is 30.7 Å². The molecule has 154 valence electrons. The molecule has 2 aliphatic carbocycles. The normalized spacial score (nSPS) is 24.6. The molecule has 0 saturated heterocycles. The van der Waals surface area contributed by atoms with Gasteiger partial charge in [-0.25, -0.2) is 4.39 Å². The zero-order valence-electron chi connectivity index (χ0n) is 15.0. The quantitative estimate of drug-likeness (QED) is 0.416. The molecule has 0 saturated carbocycles. The van der Waals surface area contributed by atoms with Gasteiger partial charge in [0.1, 0.15) is 0 Å². The molecule has 2 unspecified atom stereocenters. The lowest BCUT2D eigenvalue weighted by Gasteiger charge is -2.33. The molecule has 0 heterocycles. The maximum absolute atomic E-state index is 13.6. The van der Waals surface area contributed by atoms with Crippen LogP contribution in [0.4, 0.5) is 30.7 Å². The average molecular weight is 400 g/mol. The van der Waals surface area contributed by atoms with Gasteiger partial charge >= 0.3 is 18.0 Å². The van der Waals surface area contributed by atoms with Crippen molar-refractivity contribution in [3.05, 3.63) is 35.5 Å². The summed E-state index contributed by atoms with van der Waals surface area (Å²) in [5.41, 5.74) is 1.85. The summed E-state index contributed by atoms with van der Waals surface area (Å²) >= 11 is 0. The Morgan fingerprint density at radius 3 is 2.26 bits per heavy atom. The first kappa shape index (κ1) is 22.0. The molecule has 0 radical (unpaired) electrons. The minimum Gasteiger partial charge on any atom is -0.308 e. The van der Waals surface area contributed by atoms with Gasteiger partial charge in [-0.2, -0.15) is 26.3 Å². The van der Waals surface area contributed by atoms with Crippen LogP contribution in [0.2, 0.25) is 0 Å². The molecule has 0 fully saturated rings. The van der Waals surface area contributed by atoms with E-state index in [1.54, 1.807) is 6.08 Å². The van der Waals surface area contributed by atoms with Gasteiger partial charge in [0.15, 0.2) is 6.67 Å². The number of hydrogen-bond donors (Lipinski definition) is 0. The standard InChI is InChI=1S/C19H23F7O/c1-2-3-13-4-6-14(7-5-13)15-8-10-16(11-9-15)27-19(25,26)18(23,24)17(21,22)12-20/h6,8-10,13,16H,2-5,7,11-12H2,1H3. The lowest BCUT2D eigenvalue weighted by molar-refractivity contribution is -0.405. The topological polar surface area (TPSA) is 9.23 Å². The predicted molar refractivity (Wildman–Crippen MR) is 87.9 cm³/mol. The van der Waals surface area contributed by atoms with Gasteiger partial charge < -0.3 is 4.74 Å². The third-order valence-electron chi connectivity index (χ3n) is 4.94. The first-order valence-electron chi connectivity index (χ1n) is 8.99. The van der Waals surface area contributed by atoms with Crippen molar-refractivity contribution in [1.82, 2.24) is 0 Å². The Bertz CT molecular complexity index is 607. The summed E-state index contributed by atoms with van der Waals surface area (Å²) in [5, 5.41) is 0. The van der Waals surface area contributed by atoms with E-state index in [1.807, 2.05) is 0 Å². The number of ether oxygens (including phenoxy) is 1. The monoisotopic (exact) mass is 400 g/mol. The maximum atomic E-state index is 13.6. The van der Waals surface area contributed by atoms with Gasteiger partial charge in [-0.3, -0.25) is 0 Å². The molecule has 0 aromatic carbocycles. The van der Waals surface area contributed by atoms with E-state index < -0.39 is 30.7 Å². The maximum Gasteiger partial charge on any atom is 0.426 e. The summed E-state index contributed by atoms with van der Waals surface area (Å²) in [5.74, 6) is -10.8. The second-order valence-electron chi connectivity index (χ2n) is 7.00. The smallest absolute Gasteiger partial charge is 0.308 e. The van der Waals surface area contributed by atoms with Crippen LogP contribution in [0.25, 0.3) is 0 Å². The molecule has 0 aliphatic heterocycles. The molecular weight excluding hydrogens is 377 g/mol. The fraction of sp³-hybridized carbons (Fsp3) is 0.684. The molecule has 0 aromatic heterocycles. The van der Waals surface area contributed by atoms with Gasteiger partial charge in [-0.15, -0.1) is 0 Å². The van der Waals surface area contributed by atoms with E-state index in [-0.39, 0.29) is 6.42 Å². The molecular formula is C19H23F7O. The van der Waals surface area contributed by atoms with Gasteiger partial charge in [0.05, 0.1) is 6.10 Å². The van der Waals surface area contributed by atoms with Crippen molar-refractivity contribution < 1.29 is 35.5 Å². The van der Waals surface area contributed by atoms with Crippen molar-refractivity contribution >= 4 is 0 Å². The summed E-state index contributed by atoms with van der Waals surface area (Å²) in [4.78, 5) is 0. The van der Waals surface area contributed by atoms with Crippen molar-refractivity contribution in [2.45, 2.75) is 69.5 Å². The molecule has 0 bridgehead atoms. The molecule has 0 amide bonds. The van der Waals surface area contributed by atoms with Crippen molar-refractivity contribution in [3.8, 4) is 0 Å². The van der Waals surface area contributed by atoms with Gasteiger partial charge in [-0.1, -0.05) is 44.1 Å². The summed E-state index contributed by atoms with van der Waals surface area (Å²) in [6, 6.07) is 0. The predicted octanol–water partition coefficient (Wildman–Crippen LogP) is 6.62. The average Bonchev–Trinajstić information content (AvgIpc) is 2.63. The van der Waals surface area contributed by atoms with Crippen LogP contribution >= 0.6 is 0 Å². The zero-order valence-corrected chi connectivity index (χ0v) is 15.0. The second-order valence-corrected chi connectivity index (χ2v) is 7.00. The van der Waals surface area contributed by atoms with Gasteiger partial charge in [-0.05, 0) is 42.7 Å². The van der Waals surface area contributed by atoms with E-state index in [2.05, 4.69) is 17.7 Å². The Labute approximate surface area is 154 Å². The van der Waals surface area contributed by atoms with Crippen molar-refractivity contribution in [2.75, 3.05) is 6.67 Å². The third-order valence-corrected chi connectivity index (χ3v) is 4.94. The largest absolute Gasteiger partial charge is 0.426 e. The third kappa shape index (κ3) is 4.76.